The predicted molar refractivity (Wildman–Crippen MR) is 82.2 cm³/mol. The van der Waals surface area contributed by atoms with Crippen molar-refractivity contribution in [2.24, 2.45) is 17.4 Å². The maximum atomic E-state index is 11.9. The molecule has 0 aliphatic heterocycles. The minimum Gasteiger partial charge on any atom is -0.493 e. The number of nitrogens with one attached hydrogen (secondary N) is 1. The molecule has 0 aromatic heterocycles. The van der Waals surface area contributed by atoms with Gasteiger partial charge >= 0.3 is 0 Å². The van der Waals surface area contributed by atoms with Crippen LogP contribution in [-0.2, 0) is 4.79 Å². The number of carbonyl (C=O) groups excluding carboxylic acids is 2. The number of primary amides is 1. The largest absolute Gasteiger partial charge is 0.493 e. The highest BCUT2D eigenvalue weighted by Crippen LogP contribution is 2.33. The van der Waals surface area contributed by atoms with Crippen molar-refractivity contribution in [3.8, 4) is 11.5 Å². The summed E-state index contributed by atoms with van der Waals surface area (Å²) in [6.45, 7) is 1.88. The second kappa shape index (κ2) is 8.33. The molecule has 0 saturated heterocycles. The van der Waals surface area contributed by atoms with Crippen molar-refractivity contribution in [1.82, 2.24) is 0 Å². The molecule has 0 heterocycles. The first-order valence-corrected chi connectivity index (χ1v) is 6.01. The lowest BCUT2D eigenvalue weighted by Gasteiger charge is -2.15. The number of ether oxygens (including phenoxy) is 2. The Morgan fingerprint density at radius 1 is 1.24 bits per heavy atom. The first kappa shape index (κ1) is 19.0. The molecule has 0 radical (unpaired) electrons. The topological polar surface area (TPSA) is 117 Å². The first-order valence-electron chi connectivity index (χ1n) is 6.01. The van der Waals surface area contributed by atoms with Gasteiger partial charge in [-0.1, -0.05) is 6.92 Å². The summed E-state index contributed by atoms with van der Waals surface area (Å²) in [7, 11) is 2.90. The van der Waals surface area contributed by atoms with Crippen LogP contribution in [0.1, 0.15) is 17.3 Å². The fraction of sp³-hybridized carbons (Fsp3) is 0.385. The van der Waals surface area contributed by atoms with Gasteiger partial charge in [0.1, 0.15) is 0 Å². The van der Waals surface area contributed by atoms with Crippen LogP contribution in [-0.4, -0.2) is 32.6 Å². The van der Waals surface area contributed by atoms with E-state index in [1.165, 1.54) is 26.4 Å². The molecule has 0 aliphatic rings. The van der Waals surface area contributed by atoms with Crippen molar-refractivity contribution in [1.29, 1.82) is 0 Å². The van der Waals surface area contributed by atoms with Gasteiger partial charge in [-0.05, 0) is 6.07 Å². The molecule has 0 bridgehead atoms. The van der Waals surface area contributed by atoms with E-state index in [4.69, 9.17) is 20.9 Å². The Bertz CT molecular complexity index is 522. The van der Waals surface area contributed by atoms with Gasteiger partial charge in [0, 0.05) is 18.5 Å². The molecule has 21 heavy (non-hydrogen) atoms. The number of anilines is 1. The van der Waals surface area contributed by atoms with E-state index in [2.05, 4.69) is 5.32 Å². The second-order valence-corrected chi connectivity index (χ2v) is 4.24. The molecule has 8 heteroatoms. The molecule has 0 spiro atoms. The van der Waals surface area contributed by atoms with Crippen LogP contribution >= 0.6 is 12.4 Å². The van der Waals surface area contributed by atoms with Crippen LogP contribution in [0.25, 0.3) is 0 Å². The highest BCUT2D eigenvalue weighted by atomic mass is 35.5. The first-order chi connectivity index (χ1) is 9.44. The molecule has 0 aliphatic carbocycles. The van der Waals surface area contributed by atoms with Crippen molar-refractivity contribution >= 4 is 29.9 Å². The molecule has 7 nitrogen and oxygen atoms in total. The van der Waals surface area contributed by atoms with E-state index >= 15 is 0 Å². The maximum Gasteiger partial charge on any atom is 0.250 e. The number of amides is 2. The van der Waals surface area contributed by atoms with Gasteiger partial charge in [0.05, 0.1) is 25.5 Å². The van der Waals surface area contributed by atoms with E-state index in [0.717, 1.165) is 0 Å². The van der Waals surface area contributed by atoms with Gasteiger partial charge < -0.3 is 26.3 Å². The third-order valence-corrected chi connectivity index (χ3v) is 2.85. The van der Waals surface area contributed by atoms with E-state index in [1.54, 1.807) is 6.92 Å². The predicted octanol–water partition coefficient (Wildman–Crippen LogP) is 0.758. The third kappa shape index (κ3) is 4.51. The van der Waals surface area contributed by atoms with Gasteiger partial charge in [0.15, 0.2) is 11.5 Å². The van der Waals surface area contributed by atoms with Crippen molar-refractivity contribution < 1.29 is 19.1 Å². The molecular formula is C13H20ClN3O4. The second-order valence-electron chi connectivity index (χ2n) is 4.24. The molecule has 2 amide bonds. The van der Waals surface area contributed by atoms with Crippen LogP contribution in [0.2, 0.25) is 0 Å². The number of nitrogens with two attached hydrogens (primary N) is 2. The SMILES string of the molecule is COc1cc(NC(=O)C(C)CN)c(C(N)=O)cc1OC.Cl. The molecular weight excluding hydrogens is 298 g/mol. The number of benzene rings is 1. The van der Waals surface area contributed by atoms with Gasteiger partial charge in [0.25, 0.3) is 5.91 Å². The molecule has 0 saturated carbocycles. The monoisotopic (exact) mass is 317 g/mol. The number of carbonyl (C=O) groups is 2. The van der Waals surface area contributed by atoms with Crippen LogP contribution in [0.5, 0.6) is 11.5 Å². The molecule has 1 aromatic carbocycles. The Balaban J connectivity index is 0.00000400. The zero-order valence-corrected chi connectivity index (χ0v) is 13.0. The number of halogens is 1. The number of methoxy groups -OCH3 is 2. The minimum atomic E-state index is -0.679. The molecule has 5 N–H and O–H groups in total. The lowest BCUT2D eigenvalue weighted by molar-refractivity contribution is -0.119. The Morgan fingerprint density at radius 2 is 1.76 bits per heavy atom. The summed E-state index contributed by atoms with van der Waals surface area (Å²) in [5, 5.41) is 2.61. The van der Waals surface area contributed by atoms with Gasteiger partial charge in [-0.25, -0.2) is 0 Å². The normalized spacial score (nSPS) is 11.0. The average Bonchev–Trinajstić information content (AvgIpc) is 2.45. The Kier molecular flexibility index (Phi) is 7.54. The standard InChI is InChI=1S/C13H19N3O4.ClH/c1-7(6-14)13(18)16-9-5-11(20-3)10(19-2)4-8(9)12(15)17;/h4-5,7H,6,14H2,1-3H3,(H2,15,17)(H,16,18);1H. The zero-order valence-electron chi connectivity index (χ0n) is 12.1. The van der Waals surface area contributed by atoms with Crippen LogP contribution in [0.4, 0.5) is 5.69 Å². The summed E-state index contributed by atoms with van der Waals surface area (Å²) in [5.74, 6) is -0.632. The molecule has 0 fully saturated rings. The van der Waals surface area contributed by atoms with Crippen molar-refractivity contribution in [3.63, 3.8) is 0 Å². The minimum absolute atomic E-state index is 0. The Morgan fingerprint density at radius 3 is 2.19 bits per heavy atom. The van der Waals surface area contributed by atoms with E-state index < -0.39 is 5.91 Å². The smallest absolute Gasteiger partial charge is 0.250 e. The summed E-state index contributed by atoms with van der Waals surface area (Å²) in [6, 6.07) is 2.91. The molecule has 118 valence electrons. The van der Waals surface area contributed by atoms with Crippen molar-refractivity contribution in [3.05, 3.63) is 17.7 Å². The molecule has 1 rings (SSSR count). The average molecular weight is 318 g/mol. The highest BCUT2D eigenvalue weighted by molar-refractivity contribution is 6.04. The van der Waals surface area contributed by atoms with Crippen LogP contribution < -0.4 is 26.3 Å². The summed E-state index contributed by atoms with van der Waals surface area (Å²) in [6.07, 6.45) is 0. The molecule has 1 unspecified atom stereocenters. The van der Waals surface area contributed by atoms with E-state index in [9.17, 15) is 9.59 Å². The van der Waals surface area contributed by atoms with Gasteiger partial charge in [-0.3, -0.25) is 9.59 Å². The van der Waals surface area contributed by atoms with Crippen LogP contribution in [0.15, 0.2) is 12.1 Å². The maximum absolute atomic E-state index is 11.9. The summed E-state index contributed by atoms with van der Waals surface area (Å²) < 4.78 is 10.2. The summed E-state index contributed by atoms with van der Waals surface area (Å²) in [4.78, 5) is 23.3. The Labute approximate surface area is 129 Å². The van der Waals surface area contributed by atoms with Crippen LogP contribution in [0.3, 0.4) is 0 Å². The quantitative estimate of drug-likeness (QED) is 0.716. The van der Waals surface area contributed by atoms with E-state index in [0.29, 0.717) is 11.5 Å². The van der Waals surface area contributed by atoms with E-state index in [-0.39, 0.29) is 42.0 Å². The lowest BCUT2D eigenvalue weighted by atomic mass is 10.1. The van der Waals surface area contributed by atoms with Crippen molar-refractivity contribution in [2.75, 3.05) is 26.1 Å². The summed E-state index contributed by atoms with van der Waals surface area (Å²) >= 11 is 0. The van der Waals surface area contributed by atoms with Gasteiger partial charge in [0.2, 0.25) is 5.91 Å². The fourth-order valence-electron chi connectivity index (χ4n) is 1.55. The number of hydrogen-bond acceptors (Lipinski definition) is 5. The fourth-order valence-corrected chi connectivity index (χ4v) is 1.55. The van der Waals surface area contributed by atoms with Gasteiger partial charge in [-0.2, -0.15) is 0 Å². The highest BCUT2D eigenvalue weighted by Gasteiger charge is 2.18. The zero-order chi connectivity index (χ0) is 15.3. The third-order valence-electron chi connectivity index (χ3n) is 2.85. The lowest BCUT2D eigenvalue weighted by Crippen LogP contribution is -2.28. The van der Waals surface area contributed by atoms with Gasteiger partial charge in [-0.15, -0.1) is 12.4 Å². The van der Waals surface area contributed by atoms with E-state index in [1.807, 2.05) is 0 Å². The number of hydrogen-bond donors (Lipinski definition) is 3. The number of rotatable bonds is 6. The molecule has 1 atom stereocenters. The summed E-state index contributed by atoms with van der Waals surface area (Å²) in [5.41, 5.74) is 11.1. The Hall–Kier alpha value is -1.99. The van der Waals surface area contributed by atoms with Crippen LogP contribution in [0, 0.1) is 5.92 Å². The molecule has 1 aromatic rings. The van der Waals surface area contributed by atoms with Crippen molar-refractivity contribution in [2.45, 2.75) is 6.92 Å².